The Morgan fingerprint density at radius 3 is 2.92 bits per heavy atom. The van der Waals surface area contributed by atoms with Gasteiger partial charge >= 0.3 is 6.03 Å². The van der Waals surface area contributed by atoms with Crippen LogP contribution in [0, 0.1) is 6.92 Å². The van der Waals surface area contributed by atoms with Crippen molar-refractivity contribution in [3.8, 4) is 0 Å². The summed E-state index contributed by atoms with van der Waals surface area (Å²) in [5.74, 6) is 1.38. The number of furan rings is 1. The monoisotopic (exact) mass is 341 g/mol. The Labute approximate surface area is 144 Å². The smallest absolute Gasteiger partial charge is 0.321 e. The number of rotatable bonds is 4. The average molecular weight is 341 g/mol. The molecule has 1 aliphatic carbocycles. The zero-order chi connectivity index (χ0) is 16.7. The van der Waals surface area contributed by atoms with Gasteiger partial charge in [0.1, 0.15) is 11.3 Å². The Hall–Kier alpha value is -2.34. The van der Waals surface area contributed by atoms with Crippen LogP contribution < -0.4 is 10.6 Å². The number of carbonyl (C=O) groups is 1. The first-order valence-corrected chi connectivity index (χ1v) is 9.00. The minimum absolute atomic E-state index is 0.222. The van der Waals surface area contributed by atoms with Gasteiger partial charge in [0, 0.05) is 22.2 Å². The minimum atomic E-state index is -0.265. The molecule has 1 unspecified atom stereocenters. The molecule has 1 saturated carbocycles. The first-order chi connectivity index (χ1) is 11.6. The molecule has 2 aromatic heterocycles. The number of aromatic nitrogens is 1. The van der Waals surface area contributed by atoms with E-state index in [0.29, 0.717) is 11.0 Å². The molecule has 6 heteroatoms. The van der Waals surface area contributed by atoms with Crippen LogP contribution in [0.3, 0.4) is 0 Å². The Bertz CT molecular complexity index is 895. The third-order valence-corrected chi connectivity index (χ3v) is 5.14. The largest absolute Gasteiger partial charge is 0.459 e. The molecule has 1 fully saturated rings. The molecule has 2 heterocycles. The number of hydrogen-bond donors (Lipinski definition) is 2. The van der Waals surface area contributed by atoms with Gasteiger partial charge < -0.3 is 9.73 Å². The molecule has 24 heavy (non-hydrogen) atoms. The van der Waals surface area contributed by atoms with Crippen molar-refractivity contribution in [1.29, 1.82) is 0 Å². The van der Waals surface area contributed by atoms with E-state index in [-0.39, 0.29) is 12.1 Å². The van der Waals surface area contributed by atoms with Crippen molar-refractivity contribution in [3.05, 3.63) is 46.7 Å². The predicted molar refractivity (Wildman–Crippen MR) is 95.6 cm³/mol. The molecule has 4 rings (SSSR count). The van der Waals surface area contributed by atoms with Crippen LogP contribution in [0.2, 0.25) is 0 Å². The van der Waals surface area contributed by atoms with Crippen molar-refractivity contribution in [2.24, 2.45) is 0 Å². The van der Waals surface area contributed by atoms with Crippen molar-refractivity contribution in [1.82, 2.24) is 10.3 Å². The fourth-order valence-electron chi connectivity index (χ4n) is 2.91. The zero-order valence-corrected chi connectivity index (χ0v) is 14.4. The summed E-state index contributed by atoms with van der Waals surface area (Å²) in [7, 11) is 0. The number of carbonyl (C=O) groups excluding carboxylic acids is 1. The van der Waals surface area contributed by atoms with Crippen LogP contribution in [0.5, 0.6) is 0 Å². The molecule has 1 aromatic carbocycles. The highest BCUT2D eigenvalue weighted by Gasteiger charge is 2.26. The molecular weight excluding hydrogens is 322 g/mol. The number of para-hydroxylation sites is 1. The summed E-state index contributed by atoms with van der Waals surface area (Å²) in [5, 5.41) is 9.49. The second kappa shape index (κ2) is 5.94. The lowest BCUT2D eigenvalue weighted by molar-refractivity contribution is 0.248. The molecule has 0 bridgehead atoms. The van der Waals surface area contributed by atoms with E-state index < -0.39 is 0 Å². The maximum atomic E-state index is 12.2. The molecule has 0 aliphatic heterocycles. The summed E-state index contributed by atoms with van der Waals surface area (Å²) < 4.78 is 5.90. The van der Waals surface area contributed by atoms with Gasteiger partial charge in [-0.3, -0.25) is 5.32 Å². The third kappa shape index (κ3) is 2.89. The number of amides is 2. The summed E-state index contributed by atoms with van der Waals surface area (Å²) in [6, 6.07) is 7.41. The number of thiazole rings is 1. The molecule has 124 valence electrons. The first-order valence-electron chi connectivity index (χ1n) is 8.13. The highest BCUT2D eigenvalue weighted by Crippen LogP contribution is 2.40. The Kier molecular flexibility index (Phi) is 3.76. The van der Waals surface area contributed by atoms with E-state index in [1.165, 1.54) is 24.2 Å². The number of nitrogens with one attached hydrogen (secondary N) is 2. The van der Waals surface area contributed by atoms with E-state index in [9.17, 15) is 4.79 Å². The van der Waals surface area contributed by atoms with E-state index in [2.05, 4.69) is 15.6 Å². The molecule has 5 nitrogen and oxygen atoms in total. The molecule has 3 aromatic rings. The Balaban J connectivity index is 1.44. The first kappa shape index (κ1) is 15.2. The second-order valence-corrected chi connectivity index (χ2v) is 7.12. The number of hydrogen-bond acceptors (Lipinski definition) is 4. The normalized spacial score (nSPS) is 15.4. The summed E-state index contributed by atoms with van der Waals surface area (Å²) >= 11 is 1.47. The van der Waals surface area contributed by atoms with Crippen LogP contribution >= 0.6 is 11.3 Å². The van der Waals surface area contributed by atoms with Crippen LogP contribution in [-0.2, 0) is 0 Å². The van der Waals surface area contributed by atoms with Gasteiger partial charge in [-0.25, -0.2) is 9.78 Å². The molecular formula is C18H19N3O2S. The lowest BCUT2D eigenvalue weighted by atomic mass is 10.1. The number of anilines is 1. The van der Waals surface area contributed by atoms with E-state index in [0.717, 1.165) is 28.0 Å². The van der Waals surface area contributed by atoms with E-state index >= 15 is 0 Å². The molecule has 1 atom stereocenters. The topological polar surface area (TPSA) is 67.2 Å². The van der Waals surface area contributed by atoms with Crippen LogP contribution in [0.1, 0.15) is 48.7 Å². The van der Waals surface area contributed by atoms with Gasteiger partial charge in [-0.2, -0.15) is 0 Å². The standard InChI is InChI=1S/C18H19N3O2S/c1-10-13-5-3-4-6-15(13)23-16(10)11(2)19-17(22)21-18-20-14(9-24-18)12-7-8-12/h3-6,9,11-12H,7-8H2,1-2H3,(H2,19,20,21,22). The molecule has 2 amide bonds. The number of fused-ring (bicyclic) bond motifs is 1. The molecule has 0 saturated heterocycles. The second-order valence-electron chi connectivity index (χ2n) is 6.26. The third-order valence-electron chi connectivity index (χ3n) is 4.36. The van der Waals surface area contributed by atoms with Gasteiger partial charge in [-0.05, 0) is 32.8 Å². The number of nitrogens with zero attached hydrogens (tertiary/aromatic N) is 1. The highest BCUT2D eigenvalue weighted by atomic mass is 32.1. The van der Waals surface area contributed by atoms with Gasteiger partial charge in [-0.1, -0.05) is 18.2 Å². The molecule has 1 aliphatic rings. The van der Waals surface area contributed by atoms with Gasteiger partial charge in [-0.15, -0.1) is 11.3 Å². The zero-order valence-electron chi connectivity index (χ0n) is 13.6. The number of urea groups is 1. The van der Waals surface area contributed by atoms with Crippen molar-refractivity contribution in [2.75, 3.05) is 5.32 Å². The van der Waals surface area contributed by atoms with Crippen LogP contribution in [-0.4, -0.2) is 11.0 Å². The number of benzene rings is 1. The lowest BCUT2D eigenvalue weighted by Crippen LogP contribution is -2.31. The fourth-order valence-corrected chi connectivity index (χ4v) is 3.70. The maximum Gasteiger partial charge on any atom is 0.321 e. The molecule has 0 radical (unpaired) electrons. The van der Waals surface area contributed by atoms with E-state index in [4.69, 9.17) is 4.42 Å². The average Bonchev–Trinajstić information content (AvgIpc) is 3.23. The van der Waals surface area contributed by atoms with E-state index in [1.54, 1.807) is 0 Å². The van der Waals surface area contributed by atoms with Crippen LogP contribution in [0.25, 0.3) is 11.0 Å². The van der Waals surface area contributed by atoms with E-state index in [1.807, 2.05) is 43.5 Å². The van der Waals surface area contributed by atoms with Gasteiger partial charge in [0.15, 0.2) is 5.13 Å². The van der Waals surface area contributed by atoms with Crippen molar-refractivity contribution in [2.45, 2.75) is 38.6 Å². The van der Waals surface area contributed by atoms with Gasteiger partial charge in [0.2, 0.25) is 0 Å². The van der Waals surface area contributed by atoms with Crippen molar-refractivity contribution in [3.63, 3.8) is 0 Å². The summed E-state index contributed by atoms with van der Waals surface area (Å²) in [5.41, 5.74) is 2.99. The predicted octanol–water partition coefficient (Wildman–Crippen LogP) is 4.96. The Morgan fingerprint density at radius 1 is 1.38 bits per heavy atom. The Morgan fingerprint density at radius 2 is 2.17 bits per heavy atom. The SMILES string of the molecule is Cc1c(C(C)NC(=O)Nc2nc(C3CC3)cs2)oc2ccccc12. The number of aryl methyl sites for hydroxylation is 1. The maximum absolute atomic E-state index is 12.2. The highest BCUT2D eigenvalue weighted by molar-refractivity contribution is 7.13. The van der Waals surface area contributed by atoms with Gasteiger partial charge in [0.05, 0.1) is 11.7 Å². The van der Waals surface area contributed by atoms with Crippen molar-refractivity contribution < 1.29 is 9.21 Å². The molecule has 2 N–H and O–H groups in total. The minimum Gasteiger partial charge on any atom is -0.459 e. The summed E-state index contributed by atoms with van der Waals surface area (Å²) in [4.78, 5) is 16.7. The van der Waals surface area contributed by atoms with Crippen LogP contribution in [0.15, 0.2) is 34.1 Å². The van der Waals surface area contributed by atoms with Crippen molar-refractivity contribution >= 4 is 33.5 Å². The quantitative estimate of drug-likeness (QED) is 0.705. The summed E-state index contributed by atoms with van der Waals surface area (Å²) in [6.07, 6.45) is 2.41. The fraction of sp³-hybridized carbons (Fsp3) is 0.333. The lowest BCUT2D eigenvalue weighted by Gasteiger charge is -2.12. The summed E-state index contributed by atoms with van der Waals surface area (Å²) in [6.45, 7) is 3.93. The van der Waals surface area contributed by atoms with Gasteiger partial charge in [0.25, 0.3) is 0 Å². The van der Waals surface area contributed by atoms with Crippen LogP contribution in [0.4, 0.5) is 9.93 Å². The molecule has 0 spiro atoms.